The SMILES string of the molecule is O=C(OCc1ccccc1)N1CCC[C@@H]1c1ccc[nH]c1=O. The highest BCUT2D eigenvalue weighted by Gasteiger charge is 2.32. The van der Waals surface area contributed by atoms with Crippen molar-refractivity contribution in [1.82, 2.24) is 9.88 Å². The Morgan fingerprint density at radius 1 is 1.23 bits per heavy atom. The molecule has 1 aliphatic heterocycles. The van der Waals surface area contributed by atoms with Gasteiger partial charge >= 0.3 is 6.09 Å². The Hall–Kier alpha value is -2.56. The van der Waals surface area contributed by atoms with Crippen molar-refractivity contribution < 1.29 is 9.53 Å². The topological polar surface area (TPSA) is 62.4 Å². The predicted molar refractivity (Wildman–Crippen MR) is 82.4 cm³/mol. The van der Waals surface area contributed by atoms with Crippen LogP contribution in [-0.2, 0) is 11.3 Å². The van der Waals surface area contributed by atoms with E-state index in [-0.39, 0.29) is 24.3 Å². The molecule has 5 nitrogen and oxygen atoms in total. The number of H-pyrrole nitrogens is 1. The first-order valence-electron chi connectivity index (χ1n) is 7.40. The van der Waals surface area contributed by atoms with Gasteiger partial charge in [-0.1, -0.05) is 30.3 Å². The lowest BCUT2D eigenvalue weighted by molar-refractivity contribution is 0.0919. The molecule has 0 aliphatic carbocycles. The van der Waals surface area contributed by atoms with Crippen LogP contribution >= 0.6 is 0 Å². The summed E-state index contributed by atoms with van der Waals surface area (Å²) in [6.07, 6.45) is 2.89. The average Bonchev–Trinajstić information content (AvgIpc) is 3.03. The van der Waals surface area contributed by atoms with Gasteiger partial charge in [-0.2, -0.15) is 0 Å². The summed E-state index contributed by atoms with van der Waals surface area (Å²) in [7, 11) is 0. The van der Waals surface area contributed by atoms with Crippen molar-refractivity contribution in [2.45, 2.75) is 25.5 Å². The number of hydrogen-bond donors (Lipinski definition) is 1. The minimum Gasteiger partial charge on any atom is -0.445 e. The molecule has 0 spiro atoms. The minimum absolute atomic E-state index is 0.143. The number of hydrogen-bond acceptors (Lipinski definition) is 3. The molecular formula is C17H18N2O3. The third-order valence-electron chi connectivity index (χ3n) is 3.90. The highest BCUT2D eigenvalue weighted by Crippen LogP contribution is 2.30. The number of benzene rings is 1. The van der Waals surface area contributed by atoms with Crippen LogP contribution in [0.25, 0.3) is 0 Å². The monoisotopic (exact) mass is 298 g/mol. The molecule has 1 aromatic carbocycles. The lowest BCUT2D eigenvalue weighted by Gasteiger charge is -2.23. The molecule has 1 fully saturated rings. The number of amides is 1. The second kappa shape index (κ2) is 6.47. The van der Waals surface area contributed by atoms with Crippen LogP contribution in [0.2, 0.25) is 0 Å². The number of carbonyl (C=O) groups is 1. The molecule has 3 rings (SSSR count). The van der Waals surface area contributed by atoms with E-state index in [1.807, 2.05) is 30.3 Å². The zero-order chi connectivity index (χ0) is 15.4. The number of likely N-dealkylation sites (tertiary alicyclic amines) is 1. The molecule has 5 heteroatoms. The zero-order valence-corrected chi connectivity index (χ0v) is 12.2. The standard InChI is InChI=1S/C17H18N2O3/c20-16-14(8-4-10-18-16)15-9-5-11-19(15)17(21)22-12-13-6-2-1-3-7-13/h1-4,6-8,10,15H,5,9,11-12H2,(H,18,20)/t15-/m1/s1. The van der Waals surface area contributed by atoms with Gasteiger partial charge in [0.2, 0.25) is 0 Å². The molecule has 114 valence electrons. The van der Waals surface area contributed by atoms with Crippen LogP contribution in [0.1, 0.15) is 30.0 Å². The second-order valence-corrected chi connectivity index (χ2v) is 5.35. The van der Waals surface area contributed by atoms with Crippen molar-refractivity contribution in [3.63, 3.8) is 0 Å². The number of rotatable bonds is 3. The molecule has 1 atom stereocenters. The number of carbonyl (C=O) groups excluding carboxylic acids is 1. The van der Waals surface area contributed by atoms with Gasteiger partial charge in [0.05, 0.1) is 6.04 Å². The second-order valence-electron chi connectivity index (χ2n) is 5.35. The van der Waals surface area contributed by atoms with E-state index in [0.29, 0.717) is 12.1 Å². The van der Waals surface area contributed by atoms with Crippen LogP contribution < -0.4 is 5.56 Å². The summed E-state index contributed by atoms with van der Waals surface area (Å²) in [4.78, 5) is 28.5. The van der Waals surface area contributed by atoms with Crippen LogP contribution in [0.4, 0.5) is 4.79 Å². The molecule has 1 amide bonds. The summed E-state index contributed by atoms with van der Waals surface area (Å²) < 4.78 is 5.38. The van der Waals surface area contributed by atoms with Gasteiger partial charge < -0.3 is 14.6 Å². The Bertz CT molecular complexity index is 696. The van der Waals surface area contributed by atoms with Gasteiger partial charge in [-0.05, 0) is 30.5 Å². The summed E-state index contributed by atoms with van der Waals surface area (Å²) in [5, 5.41) is 0. The maximum absolute atomic E-state index is 12.3. The molecule has 0 unspecified atom stereocenters. The number of nitrogens with zero attached hydrogens (tertiary/aromatic N) is 1. The molecule has 1 aromatic heterocycles. The van der Waals surface area contributed by atoms with Crippen molar-refractivity contribution in [2.75, 3.05) is 6.54 Å². The summed E-state index contributed by atoms with van der Waals surface area (Å²) >= 11 is 0. The van der Waals surface area contributed by atoms with Gasteiger partial charge in [0.1, 0.15) is 6.61 Å². The van der Waals surface area contributed by atoms with Crippen molar-refractivity contribution in [1.29, 1.82) is 0 Å². The molecule has 0 bridgehead atoms. The Morgan fingerprint density at radius 2 is 2.05 bits per heavy atom. The van der Waals surface area contributed by atoms with E-state index in [0.717, 1.165) is 18.4 Å². The van der Waals surface area contributed by atoms with Crippen LogP contribution in [0.3, 0.4) is 0 Å². The van der Waals surface area contributed by atoms with Gasteiger partial charge in [-0.3, -0.25) is 4.79 Å². The first kappa shape index (κ1) is 14.4. The first-order chi connectivity index (χ1) is 10.8. The fourth-order valence-corrected chi connectivity index (χ4v) is 2.81. The normalized spacial score (nSPS) is 17.5. The Morgan fingerprint density at radius 3 is 2.82 bits per heavy atom. The van der Waals surface area contributed by atoms with Crippen LogP contribution in [-0.4, -0.2) is 22.5 Å². The van der Waals surface area contributed by atoms with Crippen LogP contribution in [0.5, 0.6) is 0 Å². The maximum atomic E-state index is 12.3. The third-order valence-corrected chi connectivity index (χ3v) is 3.90. The van der Waals surface area contributed by atoms with E-state index >= 15 is 0 Å². The number of pyridine rings is 1. The van der Waals surface area contributed by atoms with Gasteiger partial charge in [-0.25, -0.2) is 4.79 Å². The van der Waals surface area contributed by atoms with Gasteiger partial charge in [0.25, 0.3) is 5.56 Å². The number of nitrogens with one attached hydrogen (secondary N) is 1. The smallest absolute Gasteiger partial charge is 0.410 e. The summed E-state index contributed by atoms with van der Waals surface area (Å²) in [6, 6.07) is 12.9. The molecule has 1 aliphatic rings. The molecule has 0 saturated carbocycles. The van der Waals surface area contributed by atoms with E-state index in [4.69, 9.17) is 4.74 Å². The van der Waals surface area contributed by atoms with E-state index in [2.05, 4.69) is 4.98 Å². The van der Waals surface area contributed by atoms with Gasteiger partial charge in [-0.15, -0.1) is 0 Å². The van der Waals surface area contributed by atoms with Crippen molar-refractivity contribution in [3.8, 4) is 0 Å². The molecular weight excluding hydrogens is 280 g/mol. The molecule has 0 radical (unpaired) electrons. The fraction of sp³-hybridized carbons (Fsp3) is 0.294. The molecule has 2 heterocycles. The Labute approximate surface area is 128 Å². The van der Waals surface area contributed by atoms with Crippen LogP contribution in [0.15, 0.2) is 53.5 Å². The largest absolute Gasteiger partial charge is 0.445 e. The number of ether oxygens (including phenoxy) is 1. The minimum atomic E-state index is -0.366. The first-order valence-corrected chi connectivity index (χ1v) is 7.40. The molecule has 1 saturated heterocycles. The third kappa shape index (κ3) is 3.03. The fourth-order valence-electron chi connectivity index (χ4n) is 2.81. The van der Waals surface area contributed by atoms with Crippen LogP contribution in [0, 0.1) is 0 Å². The Balaban J connectivity index is 1.69. The number of aromatic amines is 1. The van der Waals surface area contributed by atoms with Gasteiger partial charge in [0.15, 0.2) is 0 Å². The molecule has 22 heavy (non-hydrogen) atoms. The van der Waals surface area contributed by atoms with Crippen molar-refractivity contribution in [3.05, 3.63) is 70.1 Å². The summed E-state index contributed by atoms with van der Waals surface area (Å²) in [5.74, 6) is 0. The zero-order valence-electron chi connectivity index (χ0n) is 12.2. The van der Waals surface area contributed by atoms with E-state index in [1.54, 1.807) is 23.2 Å². The highest BCUT2D eigenvalue weighted by molar-refractivity contribution is 5.68. The lowest BCUT2D eigenvalue weighted by Crippen LogP contribution is -2.33. The quantitative estimate of drug-likeness (QED) is 0.947. The summed E-state index contributed by atoms with van der Waals surface area (Å²) in [5.41, 5.74) is 1.43. The highest BCUT2D eigenvalue weighted by atomic mass is 16.6. The van der Waals surface area contributed by atoms with Crippen molar-refractivity contribution in [2.24, 2.45) is 0 Å². The van der Waals surface area contributed by atoms with E-state index in [9.17, 15) is 9.59 Å². The maximum Gasteiger partial charge on any atom is 0.410 e. The lowest BCUT2D eigenvalue weighted by atomic mass is 10.1. The molecule has 1 N–H and O–H groups in total. The summed E-state index contributed by atoms with van der Waals surface area (Å²) in [6.45, 7) is 0.862. The van der Waals surface area contributed by atoms with E-state index < -0.39 is 0 Å². The molecule has 2 aromatic rings. The Kier molecular flexibility index (Phi) is 4.23. The van der Waals surface area contributed by atoms with Gasteiger partial charge in [0, 0.05) is 18.3 Å². The van der Waals surface area contributed by atoms with E-state index in [1.165, 1.54) is 0 Å². The predicted octanol–water partition coefficient (Wildman–Crippen LogP) is 2.85. The average molecular weight is 298 g/mol. The van der Waals surface area contributed by atoms with Crippen molar-refractivity contribution >= 4 is 6.09 Å². The number of aromatic nitrogens is 1.